The molecular formula is C25H27N3. The van der Waals surface area contributed by atoms with Crippen LogP contribution in [0.5, 0.6) is 0 Å². The largest absolute Gasteiger partial charge is 0.358 e. The number of fused-ring (bicyclic) bond motifs is 7. The van der Waals surface area contributed by atoms with Gasteiger partial charge in [-0.25, -0.2) is 0 Å². The van der Waals surface area contributed by atoms with Gasteiger partial charge in [0.2, 0.25) is 0 Å². The number of hydrogen-bond donors (Lipinski definition) is 1. The lowest BCUT2D eigenvalue weighted by Gasteiger charge is -2.35. The van der Waals surface area contributed by atoms with Gasteiger partial charge in [-0.1, -0.05) is 36.4 Å². The van der Waals surface area contributed by atoms with Gasteiger partial charge < -0.3 is 9.55 Å². The van der Waals surface area contributed by atoms with Crippen LogP contribution in [-0.4, -0.2) is 27.0 Å². The molecule has 0 saturated carbocycles. The quantitative estimate of drug-likeness (QED) is 0.451. The van der Waals surface area contributed by atoms with Crippen molar-refractivity contribution in [2.24, 2.45) is 0 Å². The smallest absolute Gasteiger partial charge is 0.0480 e. The molecule has 0 aliphatic carbocycles. The molecule has 1 N–H and O–H groups in total. The highest BCUT2D eigenvalue weighted by atomic mass is 15.2. The predicted octanol–water partition coefficient (Wildman–Crippen LogP) is 5.66. The maximum absolute atomic E-state index is 3.71. The van der Waals surface area contributed by atoms with E-state index in [0.717, 1.165) is 12.6 Å². The van der Waals surface area contributed by atoms with Crippen LogP contribution in [0.3, 0.4) is 0 Å². The third kappa shape index (κ3) is 2.53. The summed E-state index contributed by atoms with van der Waals surface area (Å²) in [5.74, 6) is 0. The van der Waals surface area contributed by atoms with Gasteiger partial charge in [-0.15, -0.1) is 0 Å². The van der Waals surface area contributed by atoms with Crippen molar-refractivity contribution in [2.75, 3.05) is 6.54 Å². The number of aryl methyl sites for hydroxylation is 1. The van der Waals surface area contributed by atoms with E-state index >= 15 is 0 Å². The molecule has 2 atom stereocenters. The molecule has 1 fully saturated rings. The summed E-state index contributed by atoms with van der Waals surface area (Å²) >= 11 is 0. The number of para-hydroxylation sites is 2. The summed E-state index contributed by atoms with van der Waals surface area (Å²) in [6.45, 7) is 2.35. The van der Waals surface area contributed by atoms with Crippen molar-refractivity contribution in [3.05, 3.63) is 72.1 Å². The van der Waals surface area contributed by atoms with Crippen LogP contribution in [0.2, 0.25) is 0 Å². The number of nitrogens with zero attached hydrogens (tertiary/aromatic N) is 2. The summed E-state index contributed by atoms with van der Waals surface area (Å²) < 4.78 is 2.41. The first-order chi connectivity index (χ1) is 13.9. The molecule has 2 aromatic carbocycles. The fourth-order valence-corrected chi connectivity index (χ4v) is 5.71. The van der Waals surface area contributed by atoms with Crippen LogP contribution >= 0.6 is 0 Å². The molecule has 0 radical (unpaired) electrons. The first-order valence-electron chi connectivity index (χ1n) is 10.8. The monoisotopic (exact) mass is 369 g/mol. The van der Waals surface area contributed by atoms with Gasteiger partial charge in [0.1, 0.15) is 0 Å². The summed E-state index contributed by atoms with van der Waals surface area (Å²) in [5, 5.41) is 2.80. The van der Waals surface area contributed by atoms with Gasteiger partial charge in [0.05, 0.1) is 0 Å². The molecule has 4 aromatic rings. The number of benzene rings is 2. The maximum atomic E-state index is 3.71. The van der Waals surface area contributed by atoms with Crippen molar-refractivity contribution in [2.45, 2.75) is 50.7 Å². The zero-order chi connectivity index (χ0) is 18.5. The van der Waals surface area contributed by atoms with Crippen molar-refractivity contribution >= 4 is 21.8 Å². The van der Waals surface area contributed by atoms with Gasteiger partial charge in [-0.3, -0.25) is 4.90 Å². The number of rotatable bonds is 5. The minimum atomic E-state index is 0.623. The molecule has 0 amide bonds. The lowest BCUT2D eigenvalue weighted by Crippen LogP contribution is -2.38. The van der Waals surface area contributed by atoms with Gasteiger partial charge in [0, 0.05) is 53.4 Å². The summed E-state index contributed by atoms with van der Waals surface area (Å²) in [7, 11) is 0. The van der Waals surface area contributed by atoms with Crippen molar-refractivity contribution in [1.82, 2.24) is 14.5 Å². The average Bonchev–Trinajstić information content (AvgIpc) is 3.38. The molecule has 3 heteroatoms. The van der Waals surface area contributed by atoms with Crippen LogP contribution in [0.25, 0.3) is 21.8 Å². The van der Waals surface area contributed by atoms with E-state index in [1.54, 1.807) is 5.56 Å². The van der Waals surface area contributed by atoms with Crippen molar-refractivity contribution < 1.29 is 0 Å². The second kappa shape index (κ2) is 6.52. The van der Waals surface area contributed by atoms with Gasteiger partial charge in [-0.2, -0.15) is 0 Å². The van der Waals surface area contributed by atoms with Crippen LogP contribution in [0.15, 0.2) is 60.8 Å². The molecule has 3 nitrogen and oxygen atoms in total. The number of unbranched alkanes of at least 4 members (excludes halogenated alkanes) is 1. The van der Waals surface area contributed by atoms with E-state index in [4.69, 9.17) is 0 Å². The summed E-state index contributed by atoms with van der Waals surface area (Å²) in [4.78, 5) is 6.53. The van der Waals surface area contributed by atoms with E-state index in [2.05, 4.69) is 75.2 Å². The molecule has 2 aliphatic rings. The minimum Gasteiger partial charge on any atom is -0.358 e. The van der Waals surface area contributed by atoms with Gasteiger partial charge in [0.15, 0.2) is 0 Å². The van der Waals surface area contributed by atoms with E-state index in [1.165, 1.54) is 66.1 Å². The minimum absolute atomic E-state index is 0.623. The maximum Gasteiger partial charge on any atom is 0.0480 e. The van der Waals surface area contributed by atoms with Crippen molar-refractivity contribution in [1.29, 1.82) is 0 Å². The van der Waals surface area contributed by atoms with Crippen LogP contribution in [-0.2, 0) is 13.0 Å². The van der Waals surface area contributed by atoms with E-state index in [1.807, 2.05) is 0 Å². The Morgan fingerprint density at radius 1 is 0.893 bits per heavy atom. The molecule has 142 valence electrons. The fourth-order valence-electron chi connectivity index (χ4n) is 5.71. The number of H-pyrrole nitrogens is 1. The Hall–Kier alpha value is -2.52. The first kappa shape index (κ1) is 16.4. The highest BCUT2D eigenvalue weighted by Crippen LogP contribution is 2.46. The number of nitrogens with one attached hydrogen (secondary N) is 1. The Kier molecular flexibility index (Phi) is 3.83. The van der Waals surface area contributed by atoms with Gasteiger partial charge in [-0.05, 0) is 61.4 Å². The van der Waals surface area contributed by atoms with Crippen molar-refractivity contribution in [3.63, 3.8) is 0 Å². The standard InChI is InChI=1S/C25H27N3/c1-4-10-23-18(7-1)13-16-27(23)14-5-6-15-28-19-11-12-24(28)25-20-8-2-3-9-21(20)26-22(25)17-19/h1-4,7-10,13,16,19,24,26H,5-6,11-12,14-15,17H2/t19-,24+/m0/s1. The fraction of sp³-hybridized carbons (Fsp3) is 0.360. The summed E-state index contributed by atoms with van der Waals surface area (Å²) in [6, 6.07) is 21.2. The summed E-state index contributed by atoms with van der Waals surface area (Å²) in [6.07, 6.45) is 8.63. The molecule has 1 saturated heterocycles. The Morgan fingerprint density at radius 2 is 1.75 bits per heavy atom. The van der Waals surface area contributed by atoms with Gasteiger partial charge in [0.25, 0.3) is 0 Å². The zero-order valence-corrected chi connectivity index (χ0v) is 16.3. The third-order valence-electron chi connectivity index (χ3n) is 6.99. The molecule has 0 spiro atoms. The Morgan fingerprint density at radius 3 is 2.75 bits per heavy atom. The van der Waals surface area contributed by atoms with E-state index < -0.39 is 0 Å². The Balaban J connectivity index is 1.16. The van der Waals surface area contributed by atoms with Gasteiger partial charge >= 0.3 is 0 Å². The zero-order valence-electron chi connectivity index (χ0n) is 16.3. The topological polar surface area (TPSA) is 24.0 Å². The van der Waals surface area contributed by atoms with Crippen LogP contribution in [0, 0.1) is 0 Å². The third-order valence-corrected chi connectivity index (χ3v) is 6.99. The van der Waals surface area contributed by atoms with Crippen LogP contribution < -0.4 is 0 Å². The van der Waals surface area contributed by atoms with E-state index in [9.17, 15) is 0 Å². The number of aromatic nitrogens is 2. The second-order valence-electron chi connectivity index (χ2n) is 8.53. The average molecular weight is 370 g/mol. The Labute approximate surface area is 166 Å². The SMILES string of the molecule is c1ccc2c(c1)ccn2CCCCN1[C@H]2CC[C@@H]1c1c([nH]c3ccccc13)C2. The molecule has 2 aliphatic heterocycles. The highest BCUT2D eigenvalue weighted by Gasteiger charge is 2.41. The number of aromatic amines is 1. The molecular weight excluding hydrogens is 342 g/mol. The normalized spacial score (nSPS) is 21.6. The summed E-state index contributed by atoms with van der Waals surface area (Å²) in [5.41, 5.74) is 5.79. The predicted molar refractivity (Wildman–Crippen MR) is 116 cm³/mol. The van der Waals surface area contributed by atoms with E-state index in [0.29, 0.717) is 6.04 Å². The number of hydrogen-bond acceptors (Lipinski definition) is 1. The molecule has 4 heterocycles. The van der Waals surface area contributed by atoms with Crippen LogP contribution in [0.1, 0.15) is 43.0 Å². The Bertz CT molecular complexity index is 1140. The highest BCUT2D eigenvalue weighted by molar-refractivity contribution is 5.85. The lowest BCUT2D eigenvalue weighted by molar-refractivity contribution is 0.173. The molecule has 2 aromatic heterocycles. The van der Waals surface area contributed by atoms with Crippen molar-refractivity contribution in [3.8, 4) is 0 Å². The second-order valence-corrected chi connectivity index (χ2v) is 8.53. The molecule has 28 heavy (non-hydrogen) atoms. The van der Waals surface area contributed by atoms with Crippen LogP contribution in [0.4, 0.5) is 0 Å². The molecule has 0 unspecified atom stereocenters. The lowest BCUT2D eigenvalue weighted by atomic mass is 9.96. The first-order valence-corrected chi connectivity index (χ1v) is 10.8. The molecule has 6 rings (SSSR count). The van der Waals surface area contributed by atoms with E-state index in [-0.39, 0.29) is 0 Å². The molecule has 2 bridgehead atoms.